The standard InChI is InChI=1S/C27H24N4O2/c1-18-8-10-20(11-9-18)25-16-24(19-12-14-22(33-2)15-13-19)30-26-23(17-28-31(25)26)27(32)29-21-6-4-3-5-7-21/h3-17,25,30H,1-2H3,(H,29,32)/t25-/m1/s1. The predicted molar refractivity (Wildman–Crippen MR) is 131 cm³/mol. The highest BCUT2D eigenvalue weighted by atomic mass is 16.5. The van der Waals surface area contributed by atoms with E-state index in [1.807, 2.05) is 59.3 Å². The summed E-state index contributed by atoms with van der Waals surface area (Å²) in [6, 6.07) is 25.5. The molecule has 0 saturated heterocycles. The fourth-order valence-electron chi connectivity index (χ4n) is 3.92. The molecule has 164 valence electrons. The zero-order valence-corrected chi connectivity index (χ0v) is 18.4. The van der Waals surface area contributed by atoms with Crippen molar-refractivity contribution in [3.05, 3.63) is 113 Å². The van der Waals surface area contributed by atoms with E-state index in [1.54, 1.807) is 13.3 Å². The van der Waals surface area contributed by atoms with E-state index in [9.17, 15) is 4.79 Å². The molecular formula is C27H24N4O2. The lowest BCUT2D eigenvalue weighted by Crippen LogP contribution is -2.22. The summed E-state index contributed by atoms with van der Waals surface area (Å²) >= 11 is 0. The molecule has 1 aliphatic heterocycles. The molecule has 2 N–H and O–H groups in total. The minimum Gasteiger partial charge on any atom is -0.497 e. The molecule has 1 amide bonds. The minimum atomic E-state index is -0.214. The topological polar surface area (TPSA) is 68.2 Å². The molecule has 6 nitrogen and oxygen atoms in total. The summed E-state index contributed by atoms with van der Waals surface area (Å²) in [5.41, 5.74) is 5.40. The Bertz CT molecular complexity index is 1310. The molecule has 0 unspecified atom stereocenters. The van der Waals surface area contributed by atoms with Gasteiger partial charge >= 0.3 is 0 Å². The first kappa shape index (κ1) is 20.6. The maximum atomic E-state index is 13.1. The predicted octanol–water partition coefficient (Wildman–Crippen LogP) is 5.51. The largest absolute Gasteiger partial charge is 0.497 e. The first-order chi connectivity index (χ1) is 16.1. The summed E-state index contributed by atoms with van der Waals surface area (Å²) in [7, 11) is 1.65. The maximum absolute atomic E-state index is 13.1. The first-order valence-electron chi connectivity index (χ1n) is 10.8. The van der Waals surface area contributed by atoms with E-state index in [2.05, 4.69) is 53.0 Å². The number of para-hydroxylation sites is 1. The van der Waals surface area contributed by atoms with Crippen LogP contribution in [0.15, 0.2) is 91.1 Å². The molecule has 0 spiro atoms. The molecule has 33 heavy (non-hydrogen) atoms. The van der Waals surface area contributed by atoms with Crippen molar-refractivity contribution in [2.45, 2.75) is 13.0 Å². The van der Waals surface area contributed by atoms with Gasteiger partial charge in [-0.25, -0.2) is 4.68 Å². The van der Waals surface area contributed by atoms with Crippen molar-refractivity contribution in [1.29, 1.82) is 0 Å². The number of rotatable bonds is 5. The summed E-state index contributed by atoms with van der Waals surface area (Å²) in [6.07, 6.45) is 3.75. The number of ether oxygens (including phenoxy) is 1. The molecule has 6 heteroatoms. The fourth-order valence-corrected chi connectivity index (χ4v) is 3.92. The van der Waals surface area contributed by atoms with E-state index >= 15 is 0 Å². The fraction of sp³-hybridized carbons (Fsp3) is 0.111. The van der Waals surface area contributed by atoms with E-state index in [1.165, 1.54) is 5.56 Å². The molecule has 3 aromatic carbocycles. The number of carbonyl (C=O) groups is 1. The Morgan fingerprint density at radius 3 is 2.42 bits per heavy atom. The van der Waals surface area contributed by atoms with Crippen LogP contribution in [0.5, 0.6) is 5.75 Å². The number of benzene rings is 3. The number of methoxy groups -OCH3 is 1. The summed E-state index contributed by atoms with van der Waals surface area (Å²) in [5.74, 6) is 1.23. The lowest BCUT2D eigenvalue weighted by molar-refractivity contribution is 0.102. The minimum absolute atomic E-state index is 0.155. The number of anilines is 2. The third kappa shape index (κ3) is 4.11. The first-order valence-corrected chi connectivity index (χ1v) is 10.8. The summed E-state index contributed by atoms with van der Waals surface area (Å²) in [6.45, 7) is 2.07. The SMILES string of the molecule is COc1ccc(C2=C[C@H](c3ccc(C)cc3)n3ncc(C(=O)Nc4ccccc4)c3N2)cc1. The Hall–Kier alpha value is -4.32. The van der Waals surface area contributed by atoms with Crippen LogP contribution in [-0.4, -0.2) is 22.8 Å². The van der Waals surface area contributed by atoms with Gasteiger partial charge in [0, 0.05) is 11.4 Å². The van der Waals surface area contributed by atoms with Gasteiger partial charge in [-0.2, -0.15) is 5.10 Å². The van der Waals surface area contributed by atoms with Gasteiger partial charge in [-0.15, -0.1) is 0 Å². The number of nitrogens with zero attached hydrogens (tertiary/aromatic N) is 2. The van der Waals surface area contributed by atoms with Crippen LogP contribution in [0.4, 0.5) is 11.5 Å². The second kappa shape index (κ2) is 8.67. The van der Waals surface area contributed by atoms with E-state index in [-0.39, 0.29) is 11.9 Å². The molecule has 0 aliphatic carbocycles. The van der Waals surface area contributed by atoms with Gasteiger partial charge in [0.25, 0.3) is 5.91 Å². The van der Waals surface area contributed by atoms with Crippen LogP contribution in [0.2, 0.25) is 0 Å². The summed E-state index contributed by atoms with van der Waals surface area (Å²) < 4.78 is 7.16. The number of hydrogen-bond acceptors (Lipinski definition) is 4. The maximum Gasteiger partial charge on any atom is 0.261 e. The number of aromatic nitrogens is 2. The Morgan fingerprint density at radius 1 is 1.00 bits per heavy atom. The van der Waals surface area contributed by atoms with Crippen molar-refractivity contribution in [2.75, 3.05) is 17.7 Å². The van der Waals surface area contributed by atoms with Crippen molar-refractivity contribution < 1.29 is 9.53 Å². The molecule has 0 radical (unpaired) electrons. The second-order valence-electron chi connectivity index (χ2n) is 7.96. The van der Waals surface area contributed by atoms with Gasteiger partial charge in [0.2, 0.25) is 0 Å². The molecule has 1 aliphatic rings. The van der Waals surface area contributed by atoms with E-state index < -0.39 is 0 Å². The van der Waals surface area contributed by atoms with Crippen LogP contribution >= 0.6 is 0 Å². The van der Waals surface area contributed by atoms with Crippen molar-refractivity contribution >= 4 is 23.1 Å². The number of amides is 1. The highest BCUT2D eigenvalue weighted by molar-refractivity contribution is 6.08. The van der Waals surface area contributed by atoms with Gasteiger partial charge in [0.1, 0.15) is 17.1 Å². The third-order valence-electron chi connectivity index (χ3n) is 5.73. The van der Waals surface area contributed by atoms with Crippen molar-refractivity contribution in [3.8, 4) is 5.75 Å². The number of allylic oxidation sites excluding steroid dienone is 1. The highest BCUT2D eigenvalue weighted by Gasteiger charge is 2.28. The molecule has 1 aromatic heterocycles. The molecule has 5 rings (SSSR count). The van der Waals surface area contributed by atoms with Crippen LogP contribution in [0.1, 0.15) is 33.1 Å². The van der Waals surface area contributed by atoms with Crippen molar-refractivity contribution in [3.63, 3.8) is 0 Å². The van der Waals surface area contributed by atoms with Gasteiger partial charge in [0.15, 0.2) is 0 Å². The van der Waals surface area contributed by atoms with Crippen molar-refractivity contribution in [2.24, 2.45) is 0 Å². The molecule has 2 heterocycles. The van der Waals surface area contributed by atoms with Crippen molar-refractivity contribution in [1.82, 2.24) is 9.78 Å². The van der Waals surface area contributed by atoms with Gasteiger partial charge in [-0.3, -0.25) is 4.79 Å². The summed E-state index contributed by atoms with van der Waals surface area (Å²) in [5, 5.41) is 11.0. The zero-order chi connectivity index (χ0) is 22.8. The number of hydrogen-bond donors (Lipinski definition) is 2. The molecule has 0 saturated carbocycles. The Labute approximate surface area is 192 Å². The molecular weight excluding hydrogens is 412 g/mol. The van der Waals surface area contributed by atoms with Crippen LogP contribution in [0.25, 0.3) is 5.70 Å². The smallest absolute Gasteiger partial charge is 0.261 e. The number of carbonyl (C=O) groups excluding carboxylic acids is 1. The van der Waals surface area contributed by atoms with Crippen LogP contribution < -0.4 is 15.4 Å². The summed E-state index contributed by atoms with van der Waals surface area (Å²) in [4.78, 5) is 13.1. The average molecular weight is 437 g/mol. The van der Waals surface area contributed by atoms with Crippen LogP contribution in [0, 0.1) is 6.92 Å². The number of nitrogens with one attached hydrogen (secondary N) is 2. The molecule has 0 fully saturated rings. The van der Waals surface area contributed by atoms with Gasteiger partial charge in [-0.05, 0) is 60.5 Å². The van der Waals surface area contributed by atoms with Gasteiger partial charge in [-0.1, -0.05) is 48.0 Å². The quantitative estimate of drug-likeness (QED) is 0.433. The molecule has 4 aromatic rings. The highest BCUT2D eigenvalue weighted by Crippen LogP contribution is 2.36. The normalized spacial score (nSPS) is 14.6. The van der Waals surface area contributed by atoms with Gasteiger partial charge in [0.05, 0.1) is 19.3 Å². The van der Waals surface area contributed by atoms with E-state index in [4.69, 9.17) is 4.74 Å². The lowest BCUT2D eigenvalue weighted by atomic mass is 10.00. The van der Waals surface area contributed by atoms with E-state index in [0.717, 1.165) is 28.3 Å². The number of fused-ring (bicyclic) bond motifs is 1. The van der Waals surface area contributed by atoms with E-state index in [0.29, 0.717) is 11.4 Å². The Morgan fingerprint density at radius 2 is 1.73 bits per heavy atom. The Kier molecular flexibility index (Phi) is 5.40. The third-order valence-corrected chi connectivity index (χ3v) is 5.73. The Balaban J connectivity index is 1.55. The zero-order valence-electron chi connectivity index (χ0n) is 18.4. The lowest BCUT2D eigenvalue weighted by Gasteiger charge is -2.26. The van der Waals surface area contributed by atoms with Gasteiger partial charge < -0.3 is 15.4 Å². The van der Waals surface area contributed by atoms with Crippen LogP contribution in [0.3, 0.4) is 0 Å². The molecule has 1 atom stereocenters. The van der Waals surface area contributed by atoms with Crippen LogP contribution in [-0.2, 0) is 0 Å². The second-order valence-corrected chi connectivity index (χ2v) is 7.96. The molecule has 0 bridgehead atoms. The average Bonchev–Trinajstić information content (AvgIpc) is 3.29. The number of aryl methyl sites for hydroxylation is 1. The monoisotopic (exact) mass is 436 g/mol.